The Morgan fingerprint density at radius 1 is 0.821 bits per heavy atom. The third-order valence-electron chi connectivity index (χ3n) is 1.77. The van der Waals surface area contributed by atoms with E-state index in [-0.39, 0.29) is 7.43 Å². The summed E-state index contributed by atoms with van der Waals surface area (Å²) in [5, 5.41) is 0. The van der Waals surface area contributed by atoms with Crippen molar-refractivity contribution in [1.29, 1.82) is 0 Å². The molecule has 0 aliphatic carbocycles. The van der Waals surface area contributed by atoms with E-state index in [1.54, 1.807) is 6.92 Å². The van der Waals surface area contributed by atoms with Crippen molar-refractivity contribution in [3.8, 4) is 0 Å². The van der Waals surface area contributed by atoms with E-state index in [4.69, 9.17) is 10.0 Å². The van der Waals surface area contributed by atoms with Gasteiger partial charge in [-0.25, -0.2) is 0 Å². The average molecular weight is 499 g/mol. The molecule has 0 bridgehead atoms. The van der Waals surface area contributed by atoms with Gasteiger partial charge in [-0.15, -0.1) is 0 Å². The van der Waals surface area contributed by atoms with E-state index < -0.39 is 35.6 Å². The van der Waals surface area contributed by atoms with Gasteiger partial charge < -0.3 is 13.6 Å². The van der Waals surface area contributed by atoms with Crippen LogP contribution in [-0.2, 0) is 55.8 Å². The molecule has 0 aliphatic heterocycles. The second kappa shape index (κ2) is 19.1. The van der Waals surface area contributed by atoms with Crippen molar-refractivity contribution in [2.75, 3.05) is 61.7 Å². The lowest BCUT2D eigenvalue weighted by molar-refractivity contribution is 0.250. The second-order valence-electron chi connectivity index (χ2n) is 4.08. The Morgan fingerprint density at radius 2 is 1.11 bits per heavy atom. The van der Waals surface area contributed by atoms with E-state index in [9.17, 15) is 26.0 Å². The lowest BCUT2D eigenvalue weighted by atomic mass is 10.9. The molecule has 0 aromatic carbocycles. The molecule has 28 heavy (non-hydrogen) atoms. The van der Waals surface area contributed by atoms with Crippen LogP contribution >= 0.6 is 15.1 Å². The Morgan fingerprint density at radius 3 is 1.14 bits per heavy atom. The maximum absolute atomic E-state index is 10.7. The average Bonchev–Trinajstić information content (AvgIpc) is 2.55. The topological polar surface area (TPSA) is 184 Å². The van der Waals surface area contributed by atoms with Crippen molar-refractivity contribution in [2.24, 2.45) is 5.50 Å². The Balaban J connectivity index is -0.0000000836. The van der Waals surface area contributed by atoms with Crippen LogP contribution in [0.2, 0.25) is 0 Å². The van der Waals surface area contributed by atoms with Gasteiger partial charge in [-0.1, -0.05) is 7.43 Å². The molecule has 2 N–H and O–H groups in total. The normalized spacial score (nSPS) is 14.8. The van der Waals surface area contributed by atoms with E-state index in [1.165, 1.54) is 27.5 Å². The SMILES string of the molecule is C.CCOP(C)(=O)OC.COP(C)(N)=O.COS(=O)(=O)OC.COS(C)(=O)=O. The van der Waals surface area contributed by atoms with Crippen molar-refractivity contribution in [1.82, 2.24) is 0 Å². The first kappa shape index (κ1) is 38.7. The largest absolute Gasteiger partial charge is 0.399 e. The molecule has 17 heteroatoms. The molecule has 0 spiro atoms. The van der Waals surface area contributed by atoms with Gasteiger partial charge in [0.25, 0.3) is 17.6 Å². The molecule has 0 aliphatic rings. The molecular weight excluding hydrogens is 464 g/mol. The third kappa shape index (κ3) is 45.1. The summed E-state index contributed by atoms with van der Waals surface area (Å²) in [6.07, 6.45) is 0.993. The summed E-state index contributed by atoms with van der Waals surface area (Å²) < 4.78 is 85.4. The van der Waals surface area contributed by atoms with E-state index >= 15 is 0 Å². The number of hydrogen-bond acceptors (Lipinski definition) is 12. The predicted molar refractivity (Wildman–Crippen MR) is 108 cm³/mol. The van der Waals surface area contributed by atoms with Crippen LogP contribution in [0.3, 0.4) is 0 Å². The first-order valence-corrected chi connectivity index (χ1v) is 14.0. The zero-order valence-electron chi connectivity index (χ0n) is 16.9. The highest BCUT2D eigenvalue weighted by Gasteiger charge is 2.11. The van der Waals surface area contributed by atoms with Gasteiger partial charge in [0.2, 0.25) is 0 Å². The maximum atomic E-state index is 10.7. The van der Waals surface area contributed by atoms with Crippen molar-refractivity contribution in [3.63, 3.8) is 0 Å². The molecule has 0 saturated heterocycles. The summed E-state index contributed by atoms with van der Waals surface area (Å²) in [6.45, 7) is 5.00. The summed E-state index contributed by atoms with van der Waals surface area (Å²) in [7, 11) is -6.27. The second-order valence-corrected chi connectivity index (χ2v) is 11.6. The highest BCUT2D eigenvalue weighted by molar-refractivity contribution is 7.85. The number of nitrogens with two attached hydrogens (primary N) is 1. The van der Waals surface area contributed by atoms with Crippen LogP contribution in [0.1, 0.15) is 14.4 Å². The highest BCUT2D eigenvalue weighted by Crippen LogP contribution is 2.42. The fraction of sp³-hybridized carbons (Fsp3) is 1.00. The van der Waals surface area contributed by atoms with Gasteiger partial charge >= 0.3 is 18.0 Å². The quantitative estimate of drug-likeness (QED) is 0.394. The molecule has 0 aromatic rings. The molecular formula is C11H35NO12P2S2. The highest BCUT2D eigenvalue weighted by atomic mass is 32.3. The minimum Gasteiger partial charge on any atom is -0.321 e. The van der Waals surface area contributed by atoms with Gasteiger partial charge in [-0.3, -0.25) is 27.2 Å². The van der Waals surface area contributed by atoms with Crippen molar-refractivity contribution in [3.05, 3.63) is 0 Å². The summed E-state index contributed by atoms with van der Waals surface area (Å²) in [6, 6.07) is 0. The summed E-state index contributed by atoms with van der Waals surface area (Å²) >= 11 is 0. The zero-order valence-corrected chi connectivity index (χ0v) is 20.3. The molecule has 13 nitrogen and oxygen atoms in total. The Hall–Kier alpha value is 0.0800. The summed E-state index contributed by atoms with van der Waals surface area (Å²) in [4.78, 5) is 0. The van der Waals surface area contributed by atoms with E-state index in [2.05, 4.69) is 21.6 Å². The fourth-order valence-corrected chi connectivity index (χ4v) is 1.07. The van der Waals surface area contributed by atoms with E-state index in [0.717, 1.165) is 27.6 Å². The Kier molecular flexibility index (Phi) is 26.3. The molecule has 0 rings (SSSR count). The van der Waals surface area contributed by atoms with Crippen LogP contribution in [0, 0.1) is 0 Å². The number of hydrogen-bond donors (Lipinski definition) is 1. The van der Waals surface area contributed by atoms with Crippen LogP contribution in [0.4, 0.5) is 0 Å². The first-order chi connectivity index (χ1) is 11.9. The van der Waals surface area contributed by atoms with Crippen LogP contribution in [0.5, 0.6) is 0 Å². The lowest BCUT2D eigenvalue weighted by Crippen LogP contribution is -2.02. The van der Waals surface area contributed by atoms with E-state index in [1.807, 2.05) is 0 Å². The van der Waals surface area contributed by atoms with Crippen LogP contribution < -0.4 is 5.50 Å². The molecule has 0 amide bonds. The monoisotopic (exact) mass is 499 g/mol. The third-order valence-corrected chi connectivity index (χ3v) is 5.31. The molecule has 0 aromatic heterocycles. The van der Waals surface area contributed by atoms with Crippen LogP contribution in [-0.4, -0.2) is 78.6 Å². The smallest absolute Gasteiger partial charge is 0.321 e. The Bertz CT molecular complexity index is 634. The van der Waals surface area contributed by atoms with Gasteiger partial charge in [0.15, 0.2) is 0 Å². The fourth-order valence-electron chi connectivity index (χ4n) is 0.355. The van der Waals surface area contributed by atoms with Crippen LogP contribution in [0.25, 0.3) is 0 Å². The number of rotatable bonds is 7. The van der Waals surface area contributed by atoms with Crippen LogP contribution in [0.15, 0.2) is 0 Å². The van der Waals surface area contributed by atoms with Crippen molar-refractivity contribution in [2.45, 2.75) is 14.4 Å². The molecule has 2 unspecified atom stereocenters. The minimum absolute atomic E-state index is 0. The molecule has 0 saturated carbocycles. The molecule has 0 radical (unpaired) electrons. The standard InChI is InChI=1S/C4H11O3P.C2H8NO2P.C2H6O4S.C2H6O3S.CH4/c1-4-7-8(3,5)6-2;1-5-6(2,3)4;1-5-7(3,4)6-2;1-5-6(2,3)4;/h4H2,1-3H3;1-2H3,(H2,3,4);1-2H3;1-2H3;1H4. The maximum Gasteiger partial charge on any atom is 0.399 e. The summed E-state index contributed by atoms with van der Waals surface area (Å²) in [5.74, 6) is 0. The molecule has 2 atom stereocenters. The first-order valence-electron chi connectivity index (χ1n) is 6.68. The van der Waals surface area contributed by atoms with E-state index in [0.29, 0.717) is 6.61 Å². The van der Waals surface area contributed by atoms with Gasteiger partial charge in [0.05, 0.1) is 34.2 Å². The Labute approximate surface area is 169 Å². The van der Waals surface area contributed by atoms with Gasteiger partial charge in [-0.2, -0.15) is 16.8 Å². The van der Waals surface area contributed by atoms with Crippen molar-refractivity contribution >= 4 is 35.6 Å². The summed E-state index contributed by atoms with van der Waals surface area (Å²) in [5.41, 5.74) is 4.87. The zero-order chi connectivity index (χ0) is 22.9. The predicted octanol–water partition coefficient (Wildman–Crippen LogP) is 1.66. The molecule has 178 valence electrons. The molecule has 0 heterocycles. The molecule has 0 fully saturated rings. The van der Waals surface area contributed by atoms with Crippen molar-refractivity contribution < 1.29 is 52.1 Å². The van der Waals surface area contributed by atoms with Gasteiger partial charge in [-0.05, 0) is 6.92 Å². The van der Waals surface area contributed by atoms with Gasteiger partial charge in [0.1, 0.15) is 0 Å². The minimum atomic E-state index is -3.66. The van der Waals surface area contributed by atoms with Gasteiger partial charge in [0, 0.05) is 27.5 Å². The lowest BCUT2D eigenvalue weighted by Gasteiger charge is -2.07.